The van der Waals surface area contributed by atoms with Crippen molar-refractivity contribution in [2.24, 2.45) is 0 Å². The first-order chi connectivity index (χ1) is 7.61. The molecule has 0 aromatic heterocycles. The van der Waals surface area contributed by atoms with Gasteiger partial charge in [-0.1, -0.05) is 19.1 Å². The molecule has 1 unspecified atom stereocenters. The third-order valence-electron chi connectivity index (χ3n) is 2.83. The zero-order chi connectivity index (χ0) is 12.1. The summed E-state index contributed by atoms with van der Waals surface area (Å²) in [5, 5.41) is 0. The van der Waals surface area contributed by atoms with Gasteiger partial charge in [0.2, 0.25) is 0 Å². The summed E-state index contributed by atoms with van der Waals surface area (Å²) in [6, 6.07) is 7.85. The molecule has 1 aromatic rings. The summed E-state index contributed by atoms with van der Waals surface area (Å²) in [5.74, 6) is 0.101. The van der Waals surface area contributed by atoms with Crippen molar-refractivity contribution in [3.05, 3.63) is 34.3 Å². The van der Waals surface area contributed by atoms with E-state index in [0.29, 0.717) is 0 Å². The molecule has 3 heteroatoms. The maximum absolute atomic E-state index is 12.3. The molecule has 16 heavy (non-hydrogen) atoms. The van der Waals surface area contributed by atoms with Crippen LogP contribution in [0.15, 0.2) is 28.7 Å². The van der Waals surface area contributed by atoms with Crippen LogP contribution in [0.25, 0.3) is 0 Å². The van der Waals surface area contributed by atoms with E-state index in [-0.39, 0.29) is 11.9 Å². The maximum atomic E-state index is 12.3. The van der Waals surface area contributed by atoms with Crippen LogP contribution in [0, 0.1) is 0 Å². The van der Waals surface area contributed by atoms with Crippen LogP contribution in [-0.4, -0.2) is 23.4 Å². The lowest BCUT2D eigenvalue weighted by Crippen LogP contribution is -2.38. The minimum absolute atomic E-state index is 0.101. The number of nitrogens with zero attached hydrogens (tertiary/aromatic N) is 1. The summed E-state index contributed by atoms with van der Waals surface area (Å²) in [4.78, 5) is 14.2. The summed E-state index contributed by atoms with van der Waals surface area (Å²) in [5.41, 5.74) is 0.740. The van der Waals surface area contributed by atoms with Crippen LogP contribution < -0.4 is 0 Å². The first-order valence-corrected chi connectivity index (χ1v) is 6.46. The van der Waals surface area contributed by atoms with Crippen LogP contribution in [-0.2, 0) is 0 Å². The topological polar surface area (TPSA) is 20.3 Å². The normalized spacial score (nSPS) is 12.2. The Morgan fingerprint density at radius 3 is 2.50 bits per heavy atom. The van der Waals surface area contributed by atoms with E-state index in [9.17, 15) is 4.79 Å². The zero-order valence-electron chi connectivity index (χ0n) is 10.0. The van der Waals surface area contributed by atoms with Crippen molar-refractivity contribution in [1.82, 2.24) is 4.90 Å². The van der Waals surface area contributed by atoms with E-state index in [4.69, 9.17) is 0 Å². The highest BCUT2D eigenvalue weighted by molar-refractivity contribution is 9.10. The van der Waals surface area contributed by atoms with Crippen LogP contribution in [0.4, 0.5) is 0 Å². The minimum atomic E-state index is 0.101. The Bertz CT molecular complexity index is 365. The fraction of sp³-hybridized carbons (Fsp3) is 0.462. The largest absolute Gasteiger partial charge is 0.336 e. The van der Waals surface area contributed by atoms with Gasteiger partial charge in [0.15, 0.2) is 0 Å². The fourth-order valence-electron chi connectivity index (χ4n) is 1.67. The number of rotatable bonds is 4. The monoisotopic (exact) mass is 283 g/mol. The van der Waals surface area contributed by atoms with E-state index in [1.165, 1.54) is 0 Å². The zero-order valence-corrected chi connectivity index (χ0v) is 11.6. The minimum Gasteiger partial charge on any atom is -0.336 e. The van der Waals surface area contributed by atoms with Gasteiger partial charge in [0.25, 0.3) is 5.91 Å². The number of halogens is 1. The van der Waals surface area contributed by atoms with Crippen LogP contribution >= 0.6 is 15.9 Å². The Balaban J connectivity index is 2.96. The molecule has 1 rings (SSSR count). The van der Waals surface area contributed by atoms with Crippen LogP contribution in [0.5, 0.6) is 0 Å². The van der Waals surface area contributed by atoms with Crippen molar-refractivity contribution >= 4 is 21.8 Å². The van der Waals surface area contributed by atoms with Gasteiger partial charge in [0, 0.05) is 17.1 Å². The molecule has 0 heterocycles. The SMILES string of the molecule is CCC(C)N(CC)C(=O)c1ccccc1Br. The van der Waals surface area contributed by atoms with Crippen LogP contribution in [0.2, 0.25) is 0 Å². The highest BCUT2D eigenvalue weighted by Crippen LogP contribution is 2.19. The fourth-order valence-corrected chi connectivity index (χ4v) is 2.12. The molecule has 0 radical (unpaired) electrons. The molecule has 0 fully saturated rings. The Morgan fingerprint density at radius 2 is 2.00 bits per heavy atom. The maximum Gasteiger partial charge on any atom is 0.255 e. The number of carbonyl (C=O) groups is 1. The van der Waals surface area contributed by atoms with Crippen molar-refractivity contribution in [3.63, 3.8) is 0 Å². The Morgan fingerprint density at radius 1 is 1.38 bits per heavy atom. The molecule has 2 nitrogen and oxygen atoms in total. The second-order valence-corrected chi connectivity index (χ2v) is 4.68. The van der Waals surface area contributed by atoms with Crippen LogP contribution in [0.3, 0.4) is 0 Å². The van der Waals surface area contributed by atoms with Gasteiger partial charge in [-0.3, -0.25) is 4.79 Å². The molecule has 0 bridgehead atoms. The van der Waals surface area contributed by atoms with Gasteiger partial charge in [0.1, 0.15) is 0 Å². The van der Waals surface area contributed by atoms with Gasteiger partial charge < -0.3 is 4.90 Å². The second kappa shape index (κ2) is 6.04. The standard InChI is InChI=1S/C13H18BrNO/c1-4-10(3)15(5-2)13(16)11-8-6-7-9-12(11)14/h6-10H,4-5H2,1-3H3. The third-order valence-corrected chi connectivity index (χ3v) is 3.52. The molecule has 0 N–H and O–H groups in total. The second-order valence-electron chi connectivity index (χ2n) is 3.83. The van der Waals surface area contributed by atoms with E-state index in [0.717, 1.165) is 23.0 Å². The summed E-state index contributed by atoms with van der Waals surface area (Å²) < 4.78 is 0.863. The molecule has 0 aliphatic carbocycles. The molecular formula is C13H18BrNO. The Kier molecular flexibility index (Phi) is 5.00. The molecule has 1 atom stereocenters. The van der Waals surface area contributed by atoms with Crippen molar-refractivity contribution in [3.8, 4) is 0 Å². The third kappa shape index (κ3) is 2.85. The molecule has 0 spiro atoms. The molecular weight excluding hydrogens is 266 g/mol. The lowest BCUT2D eigenvalue weighted by atomic mass is 10.1. The summed E-state index contributed by atoms with van der Waals surface area (Å²) in [7, 11) is 0. The predicted octanol–water partition coefficient (Wildman–Crippen LogP) is 3.71. The number of carbonyl (C=O) groups excluding carboxylic acids is 1. The van der Waals surface area contributed by atoms with Gasteiger partial charge in [-0.05, 0) is 48.3 Å². The summed E-state index contributed by atoms with van der Waals surface area (Å²) in [6.45, 7) is 6.94. The van der Waals surface area contributed by atoms with E-state index >= 15 is 0 Å². The number of hydrogen-bond acceptors (Lipinski definition) is 1. The smallest absolute Gasteiger partial charge is 0.255 e. The Labute approximate surface area is 106 Å². The van der Waals surface area contributed by atoms with Gasteiger partial charge in [-0.2, -0.15) is 0 Å². The molecule has 1 amide bonds. The number of amides is 1. The highest BCUT2D eigenvalue weighted by Gasteiger charge is 2.20. The number of hydrogen-bond donors (Lipinski definition) is 0. The van der Waals surface area contributed by atoms with Crippen molar-refractivity contribution in [2.45, 2.75) is 33.2 Å². The van der Waals surface area contributed by atoms with E-state index in [1.54, 1.807) is 0 Å². The molecule has 0 saturated heterocycles. The first-order valence-electron chi connectivity index (χ1n) is 5.67. The quantitative estimate of drug-likeness (QED) is 0.825. The van der Waals surface area contributed by atoms with Gasteiger partial charge in [-0.25, -0.2) is 0 Å². The molecule has 88 valence electrons. The van der Waals surface area contributed by atoms with Gasteiger partial charge in [0.05, 0.1) is 5.56 Å². The summed E-state index contributed by atoms with van der Waals surface area (Å²) in [6.07, 6.45) is 0.976. The molecule has 0 aliphatic heterocycles. The Hall–Kier alpha value is -0.830. The lowest BCUT2D eigenvalue weighted by molar-refractivity contribution is 0.0699. The molecule has 0 saturated carbocycles. The number of benzene rings is 1. The molecule has 1 aromatic carbocycles. The average Bonchev–Trinajstić information content (AvgIpc) is 2.30. The van der Waals surface area contributed by atoms with E-state index in [1.807, 2.05) is 36.1 Å². The lowest BCUT2D eigenvalue weighted by Gasteiger charge is -2.27. The molecule has 0 aliphatic rings. The average molecular weight is 284 g/mol. The van der Waals surface area contributed by atoms with E-state index in [2.05, 4.69) is 29.8 Å². The highest BCUT2D eigenvalue weighted by atomic mass is 79.9. The van der Waals surface area contributed by atoms with Gasteiger partial charge in [-0.15, -0.1) is 0 Å². The van der Waals surface area contributed by atoms with Crippen molar-refractivity contribution in [2.75, 3.05) is 6.54 Å². The van der Waals surface area contributed by atoms with Crippen molar-refractivity contribution in [1.29, 1.82) is 0 Å². The van der Waals surface area contributed by atoms with Gasteiger partial charge >= 0.3 is 0 Å². The van der Waals surface area contributed by atoms with Crippen LogP contribution in [0.1, 0.15) is 37.6 Å². The predicted molar refractivity (Wildman–Crippen MR) is 70.6 cm³/mol. The first kappa shape index (κ1) is 13.2. The van der Waals surface area contributed by atoms with Crippen molar-refractivity contribution < 1.29 is 4.79 Å². The summed E-state index contributed by atoms with van der Waals surface area (Å²) >= 11 is 3.42. The van der Waals surface area contributed by atoms with E-state index < -0.39 is 0 Å².